The molecule has 0 unspecified atom stereocenters. The van der Waals surface area contributed by atoms with E-state index in [0.717, 1.165) is 29.7 Å². The lowest BCUT2D eigenvalue weighted by Gasteiger charge is -2.36. The van der Waals surface area contributed by atoms with Gasteiger partial charge >= 0.3 is 0 Å². The van der Waals surface area contributed by atoms with Crippen molar-refractivity contribution in [2.24, 2.45) is 0 Å². The van der Waals surface area contributed by atoms with E-state index < -0.39 is 5.60 Å². The van der Waals surface area contributed by atoms with Gasteiger partial charge in [-0.3, -0.25) is 14.8 Å². The summed E-state index contributed by atoms with van der Waals surface area (Å²) in [6.45, 7) is 1.86. The van der Waals surface area contributed by atoms with Crippen molar-refractivity contribution in [1.82, 2.24) is 20.6 Å². The first kappa shape index (κ1) is 17.4. The number of fused-ring (bicyclic) bond motifs is 1. The molecule has 0 aliphatic carbocycles. The molecule has 6 heteroatoms. The Hall–Kier alpha value is -2.99. The highest BCUT2D eigenvalue weighted by Gasteiger charge is 2.42. The van der Waals surface area contributed by atoms with Crippen LogP contribution in [0.4, 0.5) is 0 Å². The van der Waals surface area contributed by atoms with E-state index in [2.05, 4.69) is 20.6 Å². The summed E-state index contributed by atoms with van der Waals surface area (Å²) >= 11 is 0. The van der Waals surface area contributed by atoms with Crippen molar-refractivity contribution in [2.45, 2.75) is 25.0 Å². The number of carbonyl (C=O) groups excluding carboxylic acids is 1. The van der Waals surface area contributed by atoms with Crippen molar-refractivity contribution >= 4 is 16.8 Å². The summed E-state index contributed by atoms with van der Waals surface area (Å²) < 4.78 is 6.39. The fraction of sp³-hybridized carbons (Fsp3) is 0.286. The average Bonchev–Trinajstić information content (AvgIpc) is 2.74. The summed E-state index contributed by atoms with van der Waals surface area (Å²) in [5, 5.41) is 7.23. The number of pyridine rings is 2. The van der Waals surface area contributed by atoms with Gasteiger partial charge in [-0.2, -0.15) is 0 Å². The lowest BCUT2D eigenvalue weighted by Crippen LogP contribution is -2.56. The molecular formula is C21H22N4O2. The lowest BCUT2D eigenvalue weighted by molar-refractivity contribution is -0.139. The lowest BCUT2D eigenvalue weighted by atomic mass is 9.90. The van der Waals surface area contributed by atoms with Crippen LogP contribution < -0.4 is 15.4 Å². The molecule has 3 aromatic rings. The highest BCUT2D eigenvalue weighted by molar-refractivity contribution is 5.88. The van der Waals surface area contributed by atoms with E-state index in [0.29, 0.717) is 25.1 Å². The van der Waals surface area contributed by atoms with Gasteiger partial charge in [-0.1, -0.05) is 12.1 Å². The normalized spacial score (nSPS) is 16.0. The van der Waals surface area contributed by atoms with Crippen LogP contribution in [0.5, 0.6) is 5.75 Å². The molecule has 3 heterocycles. The second-order valence-electron chi connectivity index (χ2n) is 6.68. The van der Waals surface area contributed by atoms with Crippen LogP contribution in [0, 0.1) is 0 Å². The summed E-state index contributed by atoms with van der Waals surface area (Å²) in [6.07, 6.45) is 4.70. The number of nitrogens with zero attached hydrogens (tertiary/aromatic N) is 2. The summed E-state index contributed by atoms with van der Waals surface area (Å²) in [4.78, 5) is 21.8. The number of carbonyl (C=O) groups is 1. The van der Waals surface area contributed by atoms with Gasteiger partial charge in [0.2, 0.25) is 0 Å². The Bertz CT molecular complexity index is 918. The van der Waals surface area contributed by atoms with Gasteiger partial charge in [0.25, 0.3) is 5.91 Å². The molecule has 1 fully saturated rings. The Morgan fingerprint density at radius 1 is 1.04 bits per heavy atom. The van der Waals surface area contributed by atoms with Gasteiger partial charge in [-0.25, -0.2) is 0 Å². The standard InChI is InChI=1S/C21H22N4O2/c26-20(25-15-16-5-1-2-11-23-16)21(9-13-22-14-10-21)27-19-8-3-7-18-17(19)6-4-12-24-18/h1-8,11-12,22H,9-10,13-15H2,(H,25,26). The zero-order valence-electron chi connectivity index (χ0n) is 15.0. The summed E-state index contributed by atoms with van der Waals surface area (Å²) in [7, 11) is 0. The van der Waals surface area contributed by atoms with Crippen molar-refractivity contribution in [3.8, 4) is 5.75 Å². The zero-order valence-corrected chi connectivity index (χ0v) is 15.0. The van der Waals surface area contributed by atoms with Crippen LogP contribution in [0.25, 0.3) is 10.9 Å². The molecule has 1 aromatic carbocycles. The molecular weight excluding hydrogens is 340 g/mol. The maximum atomic E-state index is 13.1. The van der Waals surface area contributed by atoms with E-state index in [9.17, 15) is 4.79 Å². The van der Waals surface area contributed by atoms with Crippen LogP contribution in [0.15, 0.2) is 60.9 Å². The molecule has 1 amide bonds. The molecule has 1 saturated heterocycles. The Kier molecular flexibility index (Phi) is 4.98. The third-order valence-corrected chi connectivity index (χ3v) is 4.89. The second kappa shape index (κ2) is 7.72. The van der Waals surface area contributed by atoms with Crippen molar-refractivity contribution in [1.29, 1.82) is 0 Å². The Labute approximate surface area is 158 Å². The first-order valence-corrected chi connectivity index (χ1v) is 9.19. The smallest absolute Gasteiger partial charge is 0.264 e. The molecule has 27 heavy (non-hydrogen) atoms. The molecule has 0 atom stereocenters. The SMILES string of the molecule is O=C(NCc1ccccn1)C1(Oc2cccc3ncccc23)CCNCC1. The van der Waals surface area contributed by atoms with E-state index in [1.165, 1.54) is 0 Å². The minimum atomic E-state index is -0.899. The molecule has 0 bridgehead atoms. The number of nitrogens with one attached hydrogen (secondary N) is 2. The highest BCUT2D eigenvalue weighted by Crippen LogP contribution is 2.31. The molecule has 6 nitrogen and oxygen atoms in total. The summed E-state index contributed by atoms with van der Waals surface area (Å²) in [5.41, 5.74) is 0.779. The highest BCUT2D eigenvalue weighted by atomic mass is 16.5. The third kappa shape index (κ3) is 3.75. The number of ether oxygens (including phenoxy) is 1. The maximum absolute atomic E-state index is 13.1. The van der Waals surface area contributed by atoms with Gasteiger partial charge in [0.1, 0.15) is 5.75 Å². The van der Waals surface area contributed by atoms with E-state index >= 15 is 0 Å². The number of hydrogen-bond donors (Lipinski definition) is 2. The van der Waals surface area contributed by atoms with Crippen LogP contribution in [0.1, 0.15) is 18.5 Å². The van der Waals surface area contributed by atoms with Gasteiger partial charge in [-0.05, 0) is 49.5 Å². The average molecular weight is 362 g/mol. The number of rotatable bonds is 5. The molecule has 1 aliphatic rings. The van der Waals surface area contributed by atoms with Crippen LogP contribution in [-0.4, -0.2) is 34.6 Å². The van der Waals surface area contributed by atoms with Gasteiger partial charge in [0.05, 0.1) is 17.8 Å². The van der Waals surface area contributed by atoms with Gasteiger partial charge in [0.15, 0.2) is 5.60 Å². The van der Waals surface area contributed by atoms with Crippen molar-refractivity contribution < 1.29 is 9.53 Å². The Morgan fingerprint density at radius 3 is 2.70 bits per heavy atom. The van der Waals surface area contributed by atoms with Crippen LogP contribution in [0.3, 0.4) is 0 Å². The molecule has 4 rings (SSSR count). The minimum absolute atomic E-state index is 0.101. The predicted octanol–water partition coefficient (Wildman–Crippen LogP) is 2.45. The molecule has 2 N–H and O–H groups in total. The van der Waals surface area contributed by atoms with Gasteiger partial charge in [-0.15, -0.1) is 0 Å². The topological polar surface area (TPSA) is 76.1 Å². The predicted molar refractivity (Wildman–Crippen MR) is 103 cm³/mol. The van der Waals surface area contributed by atoms with Crippen LogP contribution in [-0.2, 0) is 11.3 Å². The molecule has 1 aliphatic heterocycles. The maximum Gasteiger partial charge on any atom is 0.264 e. The second-order valence-corrected chi connectivity index (χ2v) is 6.68. The van der Waals surface area contributed by atoms with E-state index in [1.807, 2.05) is 48.5 Å². The number of hydrogen-bond acceptors (Lipinski definition) is 5. The first-order valence-electron chi connectivity index (χ1n) is 9.19. The number of piperidine rings is 1. The molecule has 0 spiro atoms. The summed E-state index contributed by atoms with van der Waals surface area (Å²) in [5.74, 6) is 0.589. The number of amides is 1. The monoisotopic (exact) mass is 362 g/mol. The minimum Gasteiger partial charge on any atom is -0.477 e. The van der Waals surface area contributed by atoms with Gasteiger partial charge < -0.3 is 15.4 Å². The zero-order chi connectivity index (χ0) is 18.5. The molecule has 0 radical (unpaired) electrons. The Balaban J connectivity index is 1.59. The van der Waals surface area contributed by atoms with E-state index in [1.54, 1.807) is 12.4 Å². The fourth-order valence-electron chi connectivity index (χ4n) is 3.42. The van der Waals surface area contributed by atoms with Crippen LogP contribution >= 0.6 is 0 Å². The Morgan fingerprint density at radius 2 is 1.89 bits per heavy atom. The third-order valence-electron chi connectivity index (χ3n) is 4.89. The quantitative estimate of drug-likeness (QED) is 0.729. The van der Waals surface area contributed by atoms with E-state index in [-0.39, 0.29) is 5.91 Å². The van der Waals surface area contributed by atoms with Crippen molar-refractivity contribution in [3.63, 3.8) is 0 Å². The van der Waals surface area contributed by atoms with Crippen molar-refractivity contribution in [3.05, 3.63) is 66.6 Å². The van der Waals surface area contributed by atoms with Crippen molar-refractivity contribution in [2.75, 3.05) is 13.1 Å². The fourth-order valence-corrected chi connectivity index (χ4v) is 3.42. The summed E-state index contributed by atoms with van der Waals surface area (Å²) in [6, 6.07) is 15.3. The van der Waals surface area contributed by atoms with E-state index in [4.69, 9.17) is 4.74 Å². The van der Waals surface area contributed by atoms with Crippen LogP contribution in [0.2, 0.25) is 0 Å². The first-order chi connectivity index (χ1) is 13.3. The molecule has 0 saturated carbocycles. The largest absolute Gasteiger partial charge is 0.477 e. The molecule has 2 aromatic heterocycles. The molecule has 138 valence electrons. The number of benzene rings is 1. The van der Waals surface area contributed by atoms with Gasteiger partial charge in [0, 0.05) is 30.6 Å². The number of aromatic nitrogens is 2.